The van der Waals surface area contributed by atoms with Gasteiger partial charge in [-0.1, -0.05) is 19.8 Å². The van der Waals surface area contributed by atoms with Gasteiger partial charge in [0, 0.05) is 6.04 Å². The molecule has 3 atom stereocenters. The van der Waals surface area contributed by atoms with Crippen molar-refractivity contribution in [2.45, 2.75) is 51.6 Å². The number of nitrogens with two attached hydrogens (primary N) is 1. The van der Waals surface area contributed by atoms with Crippen LogP contribution in [0.3, 0.4) is 0 Å². The molecule has 0 radical (unpaired) electrons. The smallest absolute Gasteiger partial charge is 0.318 e. The summed E-state index contributed by atoms with van der Waals surface area (Å²) in [6.07, 6.45) is 4.75. The lowest BCUT2D eigenvalue weighted by Crippen LogP contribution is -2.51. The fraction of sp³-hybridized carbons (Fsp3) is 0.818. The van der Waals surface area contributed by atoms with E-state index in [1.807, 2.05) is 0 Å². The molecule has 0 heterocycles. The maximum atomic E-state index is 11.5. The second-order valence-electron chi connectivity index (χ2n) is 4.61. The molecule has 0 bridgehead atoms. The summed E-state index contributed by atoms with van der Waals surface area (Å²) in [5.74, 6) is 0.225. The summed E-state index contributed by atoms with van der Waals surface area (Å²) in [6.45, 7) is 3.94. The molecule has 0 aromatic heterocycles. The van der Waals surface area contributed by atoms with E-state index in [-0.39, 0.29) is 11.9 Å². The lowest BCUT2D eigenvalue weighted by molar-refractivity contribution is -0.121. The van der Waals surface area contributed by atoms with Gasteiger partial charge in [-0.15, -0.1) is 0 Å². The van der Waals surface area contributed by atoms with E-state index in [9.17, 15) is 9.59 Å². The van der Waals surface area contributed by atoms with Crippen molar-refractivity contribution < 1.29 is 9.59 Å². The molecule has 1 fully saturated rings. The van der Waals surface area contributed by atoms with Gasteiger partial charge in [0.1, 0.15) is 0 Å². The minimum atomic E-state index is -0.796. The highest BCUT2D eigenvalue weighted by Crippen LogP contribution is 2.23. The number of amides is 3. The molecule has 0 spiro atoms. The van der Waals surface area contributed by atoms with Crippen LogP contribution in [0.2, 0.25) is 0 Å². The van der Waals surface area contributed by atoms with E-state index in [0.717, 1.165) is 6.42 Å². The third-order valence-corrected chi connectivity index (χ3v) is 3.22. The number of hydrogen-bond donors (Lipinski definition) is 3. The van der Waals surface area contributed by atoms with Crippen molar-refractivity contribution in [2.24, 2.45) is 11.7 Å². The van der Waals surface area contributed by atoms with Gasteiger partial charge in [-0.25, -0.2) is 4.79 Å². The molecule has 1 aliphatic carbocycles. The van der Waals surface area contributed by atoms with Crippen LogP contribution in [0.1, 0.15) is 39.5 Å². The number of primary amides is 1. The van der Waals surface area contributed by atoms with Crippen LogP contribution >= 0.6 is 0 Å². The Kier molecular flexibility index (Phi) is 4.73. The predicted molar refractivity (Wildman–Crippen MR) is 61.7 cm³/mol. The molecule has 5 nitrogen and oxygen atoms in total. The zero-order chi connectivity index (χ0) is 12.1. The maximum absolute atomic E-state index is 11.5. The van der Waals surface area contributed by atoms with Crippen molar-refractivity contribution in [3.63, 3.8) is 0 Å². The number of carbonyl (C=O) groups excluding carboxylic acids is 2. The molecular weight excluding hydrogens is 206 g/mol. The number of urea groups is 1. The average molecular weight is 227 g/mol. The van der Waals surface area contributed by atoms with Gasteiger partial charge in [-0.3, -0.25) is 10.1 Å². The van der Waals surface area contributed by atoms with Crippen LogP contribution in [0.15, 0.2) is 0 Å². The first kappa shape index (κ1) is 13.0. The Bertz CT molecular complexity index is 268. The van der Waals surface area contributed by atoms with Crippen LogP contribution in [0.5, 0.6) is 0 Å². The normalized spacial score (nSPS) is 27.1. The van der Waals surface area contributed by atoms with Crippen LogP contribution in [0.4, 0.5) is 4.79 Å². The molecule has 0 aromatic carbocycles. The summed E-state index contributed by atoms with van der Waals surface area (Å²) in [5, 5.41) is 5.34. The Morgan fingerprint density at radius 2 is 1.94 bits per heavy atom. The number of nitrogens with one attached hydrogen (secondary N) is 2. The molecule has 3 amide bonds. The van der Waals surface area contributed by atoms with Crippen molar-refractivity contribution in [1.82, 2.24) is 10.6 Å². The number of imide groups is 1. The zero-order valence-corrected chi connectivity index (χ0v) is 9.95. The lowest BCUT2D eigenvalue weighted by Gasteiger charge is -2.31. The second kappa shape index (κ2) is 5.84. The van der Waals surface area contributed by atoms with Gasteiger partial charge in [0.2, 0.25) is 5.91 Å². The highest BCUT2D eigenvalue weighted by atomic mass is 16.2. The molecule has 0 saturated heterocycles. The number of carbonyl (C=O) groups is 2. The first-order valence-electron chi connectivity index (χ1n) is 5.87. The average Bonchev–Trinajstić information content (AvgIpc) is 2.20. The molecule has 16 heavy (non-hydrogen) atoms. The number of rotatable bonds is 3. The van der Waals surface area contributed by atoms with Crippen molar-refractivity contribution in [2.75, 3.05) is 0 Å². The molecule has 0 aliphatic heterocycles. The topological polar surface area (TPSA) is 84.2 Å². The van der Waals surface area contributed by atoms with Crippen molar-refractivity contribution in [3.05, 3.63) is 0 Å². The van der Waals surface area contributed by atoms with E-state index in [1.54, 1.807) is 6.92 Å². The SMILES string of the molecule is C[C@H](N[C@@H]1CCCC[C@H]1C)C(=O)NC(N)=O. The van der Waals surface area contributed by atoms with Crippen LogP contribution in [-0.2, 0) is 4.79 Å². The van der Waals surface area contributed by atoms with E-state index >= 15 is 0 Å². The van der Waals surface area contributed by atoms with E-state index in [1.165, 1.54) is 19.3 Å². The molecule has 0 unspecified atom stereocenters. The summed E-state index contributed by atoms with van der Waals surface area (Å²) in [4.78, 5) is 22.0. The van der Waals surface area contributed by atoms with Gasteiger partial charge in [-0.05, 0) is 25.7 Å². The Labute approximate surface area is 96.1 Å². The van der Waals surface area contributed by atoms with Crippen molar-refractivity contribution in [1.29, 1.82) is 0 Å². The summed E-state index contributed by atoms with van der Waals surface area (Å²) in [6, 6.07) is -0.809. The molecular formula is C11H21N3O2. The Balaban J connectivity index is 2.40. The van der Waals surface area contributed by atoms with Crippen molar-refractivity contribution >= 4 is 11.9 Å². The standard InChI is InChI=1S/C11H21N3O2/c1-7-5-3-4-6-9(7)13-8(2)10(15)14-11(12)16/h7-9,13H,3-6H2,1-2H3,(H3,12,14,15,16)/t7-,8+,9-/m1/s1. The molecule has 92 valence electrons. The first-order valence-corrected chi connectivity index (χ1v) is 5.87. The van der Waals surface area contributed by atoms with Gasteiger partial charge >= 0.3 is 6.03 Å². The van der Waals surface area contributed by atoms with E-state index in [4.69, 9.17) is 5.73 Å². The Hall–Kier alpha value is -1.10. The third kappa shape index (κ3) is 3.81. The van der Waals surface area contributed by atoms with Crippen LogP contribution in [0.25, 0.3) is 0 Å². The highest BCUT2D eigenvalue weighted by molar-refractivity contribution is 5.96. The molecule has 5 heteroatoms. The monoisotopic (exact) mass is 227 g/mol. The summed E-state index contributed by atoms with van der Waals surface area (Å²) in [7, 11) is 0. The molecule has 4 N–H and O–H groups in total. The van der Waals surface area contributed by atoms with E-state index in [0.29, 0.717) is 12.0 Å². The van der Waals surface area contributed by atoms with E-state index < -0.39 is 6.03 Å². The fourth-order valence-corrected chi connectivity index (χ4v) is 2.19. The number of hydrogen-bond acceptors (Lipinski definition) is 3. The highest BCUT2D eigenvalue weighted by Gasteiger charge is 2.25. The Morgan fingerprint density at radius 3 is 2.50 bits per heavy atom. The van der Waals surface area contributed by atoms with Gasteiger partial charge < -0.3 is 11.1 Å². The van der Waals surface area contributed by atoms with Gasteiger partial charge in [-0.2, -0.15) is 0 Å². The first-order chi connectivity index (χ1) is 7.50. The molecule has 1 rings (SSSR count). The zero-order valence-electron chi connectivity index (χ0n) is 9.95. The Morgan fingerprint density at radius 1 is 1.31 bits per heavy atom. The summed E-state index contributed by atoms with van der Waals surface area (Å²) in [5.41, 5.74) is 4.89. The second-order valence-corrected chi connectivity index (χ2v) is 4.61. The van der Waals surface area contributed by atoms with Gasteiger partial charge in [0.15, 0.2) is 0 Å². The molecule has 1 saturated carbocycles. The molecule has 0 aromatic rings. The van der Waals surface area contributed by atoms with E-state index in [2.05, 4.69) is 17.6 Å². The van der Waals surface area contributed by atoms with Gasteiger partial charge in [0.05, 0.1) is 6.04 Å². The van der Waals surface area contributed by atoms with Crippen LogP contribution in [0, 0.1) is 5.92 Å². The van der Waals surface area contributed by atoms with Crippen LogP contribution < -0.4 is 16.4 Å². The fourth-order valence-electron chi connectivity index (χ4n) is 2.19. The quantitative estimate of drug-likeness (QED) is 0.664. The largest absolute Gasteiger partial charge is 0.351 e. The third-order valence-electron chi connectivity index (χ3n) is 3.22. The minimum Gasteiger partial charge on any atom is -0.351 e. The lowest BCUT2D eigenvalue weighted by atomic mass is 9.85. The predicted octanol–water partition coefficient (Wildman–Crippen LogP) is 0.738. The minimum absolute atomic E-state index is 0.356. The summed E-state index contributed by atoms with van der Waals surface area (Å²) >= 11 is 0. The van der Waals surface area contributed by atoms with Crippen molar-refractivity contribution in [3.8, 4) is 0 Å². The van der Waals surface area contributed by atoms with Crippen LogP contribution in [-0.4, -0.2) is 24.0 Å². The molecule has 1 aliphatic rings. The maximum Gasteiger partial charge on any atom is 0.318 e. The van der Waals surface area contributed by atoms with Gasteiger partial charge in [0.25, 0.3) is 0 Å². The summed E-state index contributed by atoms with van der Waals surface area (Å²) < 4.78 is 0.